The third kappa shape index (κ3) is 2.38. The molecule has 1 aromatic heterocycles. The number of hydrogen-bond donors (Lipinski definition) is 1. The van der Waals surface area contributed by atoms with Crippen LogP contribution in [0.2, 0.25) is 0 Å². The number of nitrogens with zero attached hydrogens (tertiary/aromatic N) is 2. The van der Waals surface area contributed by atoms with Gasteiger partial charge in [-0.1, -0.05) is 0 Å². The summed E-state index contributed by atoms with van der Waals surface area (Å²) in [5.74, 6) is 0.797. The Hall–Kier alpha value is -1.01. The highest BCUT2D eigenvalue weighted by Crippen LogP contribution is 2.29. The van der Waals surface area contributed by atoms with E-state index < -0.39 is 6.55 Å². The van der Waals surface area contributed by atoms with E-state index >= 15 is 0 Å². The van der Waals surface area contributed by atoms with Crippen molar-refractivity contribution in [2.24, 2.45) is 11.7 Å². The molecule has 0 aliphatic heterocycles. The fourth-order valence-corrected chi connectivity index (χ4v) is 1.83. The van der Waals surface area contributed by atoms with Crippen LogP contribution in [0.5, 0.6) is 0 Å². The molecule has 0 aromatic carbocycles. The maximum Gasteiger partial charge on any atom is 0.320 e. The molecule has 0 radical (unpaired) electrons. The molecule has 0 atom stereocenters. The largest absolute Gasteiger partial charge is 0.370 e. The molecule has 16 heavy (non-hydrogen) atoms. The van der Waals surface area contributed by atoms with Crippen LogP contribution in [0.3, 0.4) is 0 Å². The van der Waals surface area contributed by atoms with Gasteiger partial charge in [0.05, 0.1) is 6.10 Å². The Morgan fingerprint density at radius 2 is 2.31 bits per heavy atom. The summed E-state index contributed by atoms with van der Waals surface area (Å²) in [5, 5.41) is 0. The molecule has 0 bridgehead atoms. The van der Waals surface area contributed by atoms with Gasteiger partial charge in [0.15, 0.2) is 0 Å². The molecule has 2 rings (SSSR count). The van der Waals surface area contributed by atoms with Crippen LogP contribution < -0.4 is 5.73 Å². The van der Waals surface area contributed by atoms with Crippen LogP contribution in [0.4, 0.5) is 8.78 Å². The Morgan fingerprint density at radius 3 is 2.94 bits per heavy atom. The molecule has 0 saturated heterocycles. The van der Waals surface area contributed by atoms with Crippen LogP contribution in [0.1, 0.15) is 25.2 Å². The van der Waals surface area contributed by atoms with Gasteiger partial charge in [-0.15, -0.1) is 0 Å². The van der Waals surface area contributed by atoms with Crippen molar-refractivity contribution < 1.29 is 13.5 Å². The summed E-state index contributed by atoms with van der Waals surface area (Å²) in [6, 6.07) is 0. The average Bonchev–Trinajstić information content (AvgIpc) is 2.64. The van der Waals surface area contributed by atoms with Gasteiger partial charge >= 0.3 is 6.55 Å². The minimum Gasteiger partial charge on any atom is -0.370 e. The first kappa shape index (κ1) is 11.5. The zero-order valence-electron chi connectivity index (χ0n) is 8.85. The van der Waals surface area contributed by atoms with Gasteiger partial charge in [-0.25, -0.2) is 4.98 Å². The minimum atomic E-state index is -2.56. The lowest BCUT2D eigenvalue weighted by Crippen LogP contribution is -2.35. The molecule has 0 spiro atoms. The Morgan fingerprint density at radius 1 is 1.56 bits per heavy atom. The van der Waals surface area contributed by atoms with Crippen LogP contribution in [0.15, 0.2) is 12.4 Å². The van der Waals surface area contributed by atoms with Gasteiger partial charge in [-0.2, -0.15) is 8.78 Å². The Balaban J connectivity index is 1.79. The smallest absolute Gasteiger partial charge is 0.320 e. The van der Waals surface area contributed by atoms with Crippen molar-refractivity contribution in [3.8, 4) is 0 Å². The van der Waals surface area contributed by atoms with Gasteiger partial charge in [-0.3, -0.25) is 4.57 Å². The van der Waals surface area contributed by atoms with Crippen molar-refractivity contribution in [3.05, 3.63) is 18.2 Å². The molecule has 4 nitrogen and oxygen atoms in total. The Labute approximate surface area is 92.4 Å². The number of aromatic nitrogens is 2. The second kappa shape index (κ2) is 4.88. The first-order chi connectivity index (χ1) is 7.70. The lowest BCUT2D eigenvalue weighted by atomic mass is 9.82. The number of rotatable bonds is 5. The van der Waals surface area contributed by atoms with Crippen LogP contribution in [0.25, 0.3) is 0 Å². The van der Waals surface area contributed by atoms with Crippen LogP contribution >= 0.6 is 0 Å². The summed E-state index contributed by atoms with van der Waals surface area (Å²) in [4.78, 5) is 3.84. The minimum absolute atomic E-state index is 0.138. The van der Waals surface area contributed by atoms with Crippen molar-refractivity contribution in [3.63, 3.8) is 0 Å². The molecule has 1 aromatic rings. The summed E-state index contributed by atoms with van der Waals surface area (Å²) in [6.07, 6.45) is 4.61. The number of alkyl halides is 2. The fourth-order valence-electron chi connectivity index (χ4n) is 1.83. The van der Waals surface area contributed by atoms with E-state index in [1.54, 1.807) is 0 Å². The number of imidazole rings is 1. The predicted octanol–water partition coefficient (Wildman–Crippen LogP) is 1.53. The van der Waals surface area contributed by atoms with E-state index in [9.17, 15) is 8.78 Å². The molecule has 0 amide bonds. The molecule has 1 aliphatic rings. The Kier molecular flexibility index (Phi) is 3.50. The monoisotopic (exact) mass is 231 g/mol. The standard InChI is InChI=1S/C10H15F2N3O/c11-10(12)15-2-1-14-9(15)6-16-8-3-7(4-8)5-13/h1-2,7-8,10H,3-6,13H2. The maximum atomic E-state index is 12.4. The second-order valence-corrected chi connectivity index (χ2v) is 4.03. The van der Waals surface area contributed by atoms with Crippen molar-refractivity contribution >= 4 is 0 Å². The van der Waals surface area contributed by atoms with E-state index in [-0.39, 0.29) is 18.5 Å². The van der Waals surface area contributed by atoms with E-state index in [2.05, 4.69) is 4.98 Å². The molecule has 1 saturated carbocycles. The van der Waals surface area contributed by atoms with E-state index in [1.165, 1.54) is 12.4 Å². The first-order valence-electron chi connectivity index (χ1n) is 5.32. The summed E-state index contributed by atoms with van der Waals surface area (Å²) in [6.45, 7) is -1.75. The van der Waals surface area contributed by atoms with Gasteiger partial charge in [0, 0.05) is 12.4 Å². The van der Waals surface area contributed by atoms with Crippen molar-refractivity contribution in [1.82, 2.24) is 9.55 Å². The lowest BCUT2D eigenvalue weighted by molar-refractivity contribution is -0.0447. The zero-order valence-corrected chi connectivity index (χ0v) is 8.85. The lowest BCUT2D eigenvalue weighted by Gasteiger charge is -2.34. The molecule has 0 unspecified atom stereocenters. The molecular weight excluding hydrogens is 216 g/mol. The van der Waals surface area contributed by atoms with Crippen molar-refractivity contribution in [2.75, 3.05) is 6.54 Å². The average molecular weight is 231 g/mol. The molecule has 1 heterocycles. The summed E-state index contributed by atoms with van der Waals surface area (Å²) >= 11 is 0. The highest BCUT2D eigenvalue weighted by atomic mass is 19.3. The molecule has 1 aliphatic carbocycles. The van der Waals surface area contributed by atoms with E-state index in [0.29, 0.717) is 12.5 Å². The highest BCUT2D eigenvalue weighted by Gasteiger charge is 2.28. The third-order valence-corrected chi connectivity index (χ3v) is 2.93. The van der Waals surface area contributed by atoms with Crippen molar-refractivity contribution in [1.29, 1.82) is 0 Å². The fraction of sp³-hybridized carbons (Fsp3) is 0.700. The van der Waals surface area contributed by atoms with Gasteiger partial charge in [0.1, 0.15) is 12.4 Å². The van der Waals surface area contributed by atoms with Gasteiger partial charge in [-0.05, 0) is 25.3 Å². The zero-order chi connectivity index (χ0) is 11.5. The third-order valence-electron chi connectivity index (χ3n) is 2.93. The maximum absolute atomic E-state index is 12.4. The SMILES string of the molecule is NCC1CC(OCc2nccn2C(F)F)C1. The molecular formula is C10H15F2N3O. The number of halogens is 2. The van der Waals surface area contributed by atoms with Crippen LogP contribution in [0, 0.1) is 5.92 Å². The van der Waals surface area contributed by atoms with E-state index in [4.69, 9.17) is 10.5 Å². The number of nitrogens with two attached hydrogens (primary N) is 1. The first-order valence-corrected chi connectivity index (χ1v) is 5.32. The van der Waals surface area contributed by atoms with E-state index in [1.807, 2.05) is 0 Å². The van der Waals surface area contributed by atoms with Gasteiger partial charge in [0.25, 0.3) is 0 Å². The summed E-state index contributed by atoms with van der Waals surface area (Å²) < 4.78 is 31.2. The highest BCUT2D eigenvalue weighted by molar-refractivity contribution is 4.91. The number of ether oxygens (including phenoxy) is 1. The van der Waals surface area contributed by atoms with Gasteiger partial charge in [0.2, 0.25) is 0 Å². The number of hydrogen-bond acceptors (Lipinski definition) is 3. The second-order valence-electron chi connectivity index (χ2n) is 4.03. The van der Waals surface area contributed by atoms with Crippen LogP contribution in [-0.4, -0.2) is 22.2 Å². The topological polar surface area (TPSA) is 53.1 Å². The Bertz CT molecular complexity index is 337. The molecule has 1 fully saturated rings. The quantitative estimate of drug-likeness (QED) is 0.836. The summed E-state index contributed by atoms with van der Waals surface area (Å²) in [5.41, 5.74) is 5.48. The molecule has 90 valence electrons. The van der Waals surface area contributed by atoms with E-state index in [0.717, 1.165) is 17.4 Å². The van der Waals surface area contributed by atoms with Crippen molar-refractivity contribution in [2.45, 2.75) is 32.1 Å². The molecule has 2 N–H and O–H groups in total. The predicted molar refractivity (Wildman–Crippen MR) is 53.8 cm³/mol. The van der Waals surface area contributed by atoms with Crippen LogP contribution in [-0.2, 0) is 11.3 Å². The normalized spacial score (nSPS) is 24.8. The summed E-state index contributed by atoms with van der Waals surface area (Å²) in [7, 11) is 0. The molecule has 6 heteroatoms. The van der Waals surface area contributed by atoms with Gasteiger partial charge < -0.3 is 10.5 Å².